The Morgan fingerprint density at radius 3 is 2.28 bits per heavy atom. The van der Waals surface area contributed by atoms with E-state index in [4.69, 9.17) is 23.2 Å². The summed E-state index contributed by atoms with van der Waals surface area (Å²) in [6.45, 7) is 3.49. The van der Waals surface area contributed by atoms with Gasteiger partial charge in [-0.1, -0.05) is 35.3 Å². The van der Waals surface area contributed by atoms with E-state index in [2.05, 4.69) is 10.1 Å². The molecule has 1 aliphatic rings. The summed E-state index contributed by atoms with van der Waals surface area (Å²) >= 11 is 12.5. The van der Waals surface area contributed by atoms with Crippen LogP contribution < -0.4 is 0 Å². The van der Waals surface area contributed by atoms with Crippen molar-refractivity contribution in [3.05, 3.63) is 63.0 Å². The maximum atomic E-state index is 12.7. The number of fused-ring (bicyclic) bond motifs is 2. The standard InChI is InChI=1S/C17H12Cl2N4O2/c1-8-13(18)15-20-14(19)12(7-22(15)21-8)9(2)23-16(24)10-5-3-4-6-11(10)17(23)25/h3-7,9H,1-2H3/t9-/m0/s1. The number of rotatable bonds is 2. The third-order valence-electron chi connectivity index (χ3n) is 4.36. The molecule has 0 radical (unpaired) electrons. The molecule has 0 saturated carbocycles. The van der Waals surface area contributed by atoms with Gasteiger partial charge >= 0.3 is 0 Å². The first kappa shape index (κ1) is 16.1. The predicted molar refractivity (Wildman–Crippen MR) is 93.1 cm³/mol. The summed E-state index contributed by atoms with van der Waals surface area (Å²) in [6, 6.07) is 6.14. The first-order chi connectivity index (χ1) is 11.9. The summed E-state index contributed by atoms with van der Waals surface area (Å²) in [5.74, 6) is -0.696. The summed E-state index contributed by atoms with van der Waals surface area (Å²) < 4.78 is 1.51. The second-order valence-corrected chi connectivity index (χ2v) is 6.59. The lowest BCUT2D eigenvalue weighted by Gasteiger charge is -2.23. The van der Waals surface area contributed by atoms with Gasteiger partial charge in [-0.05, 0) is 26.0 Å². The van der Waals surface area contributed by atoms with E-state index < -0.39 is 6.04 Å². The molecule has 3 aromatic rings. The average molecular weight is 375 g/mol. The third kappa shape index (κ3) is 2.25. The third-order valence-corrected chi connectivity index (χ3v) is 5.10. The van der Waals surface area contributed by atoms with Gasteiger partial charge in [-0.3, -0.25) is 14.5 Å². The Morgan fingerprint density at radius 1 is 1.08 bits per heavy atom. The van der Waals surface area contributed by atoms with Gasteiger partial charge in [0, 0.05) is 11.8 Å². The number of hydrogen-bond donors (Lipinski definition) is 0. The maximum Gasteiger partial charge on any atom is 0.262 e. The van der Waals surface area contributed by atoms with Crippen molar-refractivity contribution in [3.63, 3.8) is 0 Å². The average Bonchev–Trinajstić information content (AvgIpc) is 3.02. The van der Waals surface area contributed by atoms with E-state index in [0.29, 0.717) is 33.1 Å². The monoisotopic (exact) mass is 374 g/mol. The van der Waals surface area contributed by atoms with Crippen molar-refractivity contribution in [2.75, 3.05) is 0 Å². The van der Waals surface area contributed by atoms with E-state index in [9.17, 15) is 9.59 Å². The number of aryl methyl sites for hydroxylation is 1. The quantitative estimate of drug-likeness (QED) is 0.506. The largest absolute Gasteiger partial charge is 0.269 e. The maximum absolute atomic E-state index is 12.7. The van der Waals surface area contributed by atoms with Crippen LogP contribution in [-0.4, -0.2) is 31.3 Å². The van der Waals surface area contributed by atoms with Gasteiger partial charge in [0.15, 0.2) is 5.65 Å². The molecule has 0 spiro atoms. The molecular formula is C17H12Cl2N4O2. The zero-order valence-corrected chi connectivity index (χ0v) is 14.8. The van der Waals surface area contributed by atoms with Crippen LogP contribution in [0.3, 0.4) is 0 Å². The number of nitrogens with zero attached hydrogens (tertiary/aromatic N) is 4. The molecule has 126 valence electrons. The van der Waals surface area contributed by atoms with Crippen molar-refractivity contribution >= 4 is 40.7 Å². The van der Waals surface area contributed by atoms with Crippen LogP contribution in [0.2, 0.25) is 10.2 Å². The van der Waals surface area contributed by atoms with E-state index >= 15 is 0 Å². The van der Waals surface area contributed by atoms with Gasteiger partial charge in [-0.25, -0.2) is 9.50 Å². The van der Waals surface area contributed by atoms with Crippen molar-refractivity contribution in [3.8, 4) is 0 Å². The van der Waals surface area contributed by atoms with Gasteiger partial charge in [0.05, 0.1) is 22.9 Å². The molecule has 6 nitrogen and oxygen atoms in total. The zero-order chi connectivity index (χ0) is 17.9. The SMILES string of the molecule is Cc1nn2cc([C@H](C)N3C(=O)c4ccccc4C3=O)c(Cl)nc2c1Cl. The van der Waals surface area contributed by atoms with Crippen LogP contribution >= 0.6 is 23.2 Å². The van der Waals surface area contributed by atoms with E-state index in [1.54, 1.807) is 44.3 Å². The van der Waals surface area contributed by atoms with Gasteiger partial charge in [-0.15, -0.1) is 0 Å². The molecule has 0 N–H and O–H groups in total. The molecule has 2 amide bonds. The topological polar surface area (TPSA) is 67.6 Å². The van der Waals surface area contributed by atoms with Gasteiger partial charge in [0.25, 0.3) is 11.8 Å². The Hall–Kier alpha value is -2.44. The van der Waals surface area contributed by atoms with Crippen LogP contribution in [0.15, 0.2) is 30.5 Å². The molecule has 0 bridgehead atoms. The summed E-state index contributed by atoms with van der Waals surface area (Å²) in [6.07, 6.45) is 1.65. The van der Waals surface area contributed by atoms with Crippen LogP contribution in [0.25, 0.3) is 5.65 Å². The summed E-state index contributed by atoms with van der Waals surface area (Å²) in [5, 5.41) is 4.87. The molecule has 3 heterocycles. The first-order valence-corrected chi connectivity index (χ1v) is 8.33. The van der Waals surface area contributed by atoms with E-state index in [0.717, 1.165) is 0 Å². The normalized spacial score (nSPS) is 15.1. The minimum atomic E-state index is -0.597. The first-order valence-electron chi connectivity index (χ1n) is 7.58. The second-order valence-electron chi connectivity index (χ2n) is 5.86. The minimum Gasteiger partial charge on any atom is -0.269 e. The van der Waals surface area contributed by atoms with E-state index in [1.165, 1.54) is 9.42 Å². The van der Waals surface area contributed by atoms with E-state index in [1.807, 2.05) is 0 Å². The van der Waals surface area contributed by atoms with Crippen molar-refractivity contribution in [1.82, 2.24) is 19.5 Å². The van der Waals surface area contributed by atoms with Crippen molar-refractivity contribution < 1.29 is 9.59 Å². The number of carbonyl (C=O) groups excluding carboxylic acids is 2. The highest BCUT2D eigenvalue weighted by molar-refractivity contribution is 6.34. The molecule has 25 heavy (non-hydrogen) atoms. The molecule has 2 aromatic heterocycles. The number of imide groups is 1. The number of hydrogen-bond acceptors (Lipinski definition) is 4. The number of carbonyl (C=O) groups is 2. The lowest BCUT2D eigenvalue weighted by molar-refractivity contribution is 0.0595. The lowest BCUT2D eigenvalue weighted by atomic mass is 10.1. The summed E-state index contributed by atoms with van der Waals surface area (Å²) in [5.41, 5.74) is 2.35. The van der Waals surface area contributed by atoms with Gasteiger partial charge < -0.3 is 0 Å². The van der Waals surface area contributed by atoms with Gasteiger partial charge in [0.1, 0.15) is 10.2 Å². The van der Waals surface area contributed by atoms with Gasteiger partial charge in [-0.2, -0.15) is 5.10 Å². The Morgan fingerprint density at radius 2 is 1.68 bits per heavy atom. The number of amides is 2. The molecule has 0 saturated heterocycles. The number of halogens is 2. The second kappa shape index (κ2) is 5.54. The fourth-order valence-electron chi connectivity index (χ4n) is 3.03. The van der Waals surface area contributed by atoms with Crippen molar-refractivity contribution in [2.24, 2.45) is 0 Å². The smallest absolute Gasteiger partial charge is 0.262 e. The molecule has 0 fully saturated rings. The summed E-state index contributed by atoms with van der Waals surface area (Å²) in [7, 11) is 0. The zero-order valence-electron chi connectivity index (χ0n) is 13.3. The number of aromatic nitrogens is 3. The van der Waals surface area contributed by atoms with Crippen LogP contribution in [-0.2, 0) is 0 Å². The van der Waals surface area contributed by atoms with Crippen molar-refractivity contribution in [1.29, 1.82) is 0 Å². The Bertz CT molecular complexity index is 1030. The van der Waals surface area contributed by atoms with E-state index in [-0.39, 0.29) is 17.0 Å². The fraction of sp³-hybridized carbons (Fsp3) is 0.176. The van der Waals surface area contributed by atoms with Crippen LogP contribution in [0.5, 0.6) is 0 Å². The molecule has 1 aliphatic heterocycles. The molecule has 0 aliphatic carbocycles. The molecule has 4 rings (SSSR count). The Balaban J connectivity index is 1.81. The minimum absolute atomic E-state index is 0.179. The Labute approximate surface area is 153 Å². The highest BCUT2D eigenvalue weighted by Gasteiger charge is 2.39. The molecule has 1 aromatic carbocycles. The molecule has 8 heteroatoms. The van der Waals surface area contributed by atoms with Gasteiger partial charge in [0.2, 0.25) is 0 Å². The predicted octanol–water partition coefficient (Wildman–Crippen LogP) is 3.70. The Kier molecular flexibility index (Phi) is 3.56. The molecule has 0 unspecified atom stereocenters. The fourth-order valence-corrected chi connectivity index (χ4v) is 3.48. The highest BCUT2D eigenvalue weighted by atomic mass is 35.5. The van der Waals surface area contributed by atoms with Crippen molar-refractivity contribution in [2.45, 2.75) is 19.9 Å². The van der Waals surface area contributed by atoms with Crippen LogP contribution in [0.4, 0.5) is 0 Å². The number of benzene rings is 1. The van der Waals surface area contributed by atoms with Crippen LogP contribution in [0, 0.1) is 6.92 Å². The molecule has 1 atom stereocenters. The lowest BCUT2D eigenvalue weighted by Crippen LogP contribution is -2.33. The molecular weight excluding hydrogens is 363 g/mol. The summed E-state index contributed by atoms with van der Waals surface area (Å²) in [4.78, 5) is 30.8. The highest BCUT2D eigenvalue weighted by Crippen LogP contribution is 2.34. The van der Waals surface area contributed by atoms with Crippen LogP contribution in [0.1, 0.15) is 44.9 Å².